The van der Waals surface area contributed by atoms with E-state index in [1.54, 1.807) is 0 Å². The largest absolute Gasteiger partial charge is 0.416 e. The highest BCUT2D eigenvalue weighted by atomic mass is 32.1. The van der Waals surface area contributed by atoms with Gasteiger partial charge in [0.15, 0.2) is 5.13 Å². The molecule has 33 heavy (non-hydrogen) atoms. The Bertz CT molecular complexity index is 1520. The van der Waals surface area contributed by atoms with Crippen molar-refractivity contribution in [2.75, 3.05) is 5.32 Å². The molecule has 0 saturated heterocycles. The van der Waals surface area contributed by atoms with Gasteiger partial charge in [0, 0.05) is 25.0 Å². The smallest absolute Gasteiger partial charge is 0.337 e. The number of carbonyl (C=O) groups excluding carboxylic acids is 1. The predicted molar refractivity (Wildman–Crippen MR) is 109 cm³/mol. The number of nitrogens with one attached hydrogen (secondary N) is 1. The van der Waals surface area contributed by atoms with Gasteiger partial charge in [-0.2, -0.15) is 13.2 Å². The van der Waals surface area contributed by atoms with Crippen molar-refractivity contribution in [1.82, 2.24) is 19.3 Å². The molecule has 0 radical (unpaired) electrons. The zero-order valence-corrected chi connectivity index (χ0v) is 17.7. The Labute approximate surface area is 184 Å². The number of fused-ring (bicyclic) bond motifs is 1. The van der Waals surface area contributed by atoms with Gasteiger partial charge in [-0.1, -0.05) is 5.16 Å². The highest BCUT2D eigenvalue weighted by Gasteiger charge is 2.31. The van der Waals surface area contributed by atoms with Crippen LogP contribution < -0.4 is 16.6 Å². The van der Waals surface area contributed by atoms with E-state index in [1.165, 1.54) is 19.5 Å². The summed E-state index contributed by atoms with van der Waals surface area (Å²) in [4.78, 5) is 40.8. The minimum absolute atomic E-state index is 0.00423. The van der Waals surface area contributed by atoms with E-state index in [-0.39, 0.29) is 33.2 Å². The van der Waals surface area contributed by atoms with Gasteiger partial charge < -0.3 is 9.84 Å². The number of thiazole rings is 1. The second kappa shape index (κ2) is 7.95. The number of anilines is 1. The third-order valence-electron chi connectivity index (χ3n) is 4.74. The van der Waals surface area contributed by atoms with Crippen molar-refractivity contribution >= 4 is 33.5 Å². The van der Waals surface area contributed by atoms with Crippen molar-refractivity contribution in [2.45, 2.75) is 12.6 Å². The zero-order chi connectivity index (χ0) is 24.1. The van der Waals surface area contributed by atoms with E-state index in [9.17, 15) is 31.9 Å². The Balaban J connectivity index is 1.57. The normalized spacial score (nSPS) is 11.8. The highest BCUT2D eigenvalue weighted by Crippen LogP contribution is 2.34. The minimum Gasteiger partial charge on any atom is -0.337 e. The summed E-state index contributed by atoms with van der Waals surface area (Å²) in [5.74, 6) is -1.72. The van der Waals surface area contributed by atoms with Crippen LogP contribution in [0.3, 0.4) is 0 Å². The molecule has 0 saturated carbocycles. The first-order valence-electron chi connectivity index (χ1n) is 9.13. The van der Waals surface area contributed by atoms with Crippen molar-refractivity contribution in [1.29, 1.82) is 0 Å². The van der Waals surface area contributed by atoms with Gasteiger partial charge in [0.1, 0.15) is 16.9 Å². The molecule has 4 aromatic rings. The monoisotopic (exact) mass is 483 g/mol. The Kier molecular flexibility index (Phi) is 5.40. The topological polar surface area (TPSA) is 112 Å². The minimum atomic E-state index is -4.73. The summed E-state index contributed by atoms with van der Waals surface area (Å²) < 4.78 is 59.4. The van der Waals surface area contributed by atoms with E-state index in [0.717, 1.165) is 32.6 Å². The summed E-state index contributed by atoms with van der Waals surface area (Å²) in [6.45, 7) is 0. The van der Waals surface area contributed by atoms with Crippen molar-refractivity contribution in [3.8, 4) is 11.3 Å². The summed E-state index contributed by atoms with van der Waals surface area (Å²) in [6, 6.07) is 2.03. The summed E-state index contributed by atoms with van der Waals surface area (Å²) in [5.41, 5.74) is -2.63. The highest BCUT2D eigenvalue weighted by molar-refractivity contribution is 7.14. The summed E-state index contributed by atoms with van der Waals surface area (Å²) in [7, 11) is 2.65. The molecule has 172 valence electrons. The third-order valence-corrected chi connectivity index (χ3v) is 5.50. The van der Waals surface area contributed by atoms with Crippen LogP contribution in [0, 0.1) is 5.82 Å². The molecule has 3 heterocycles. The Morgan fingerprint density at radius 1 is 1.18 bits per heavy atom. The average molecular weight is 483 g/mol. The number of carbonyl (C=O) groups is 1. The molecular formula is C19H13F4N5O4S. The first-order valence-corrected chi connectivity index (χ1v) is 10.0. The number of nitrogens with zero attached hydrogens (tertiary/aromatic N) is 4. The maximum atomic E-state index is 13.7. The van der Waals surface area contributed by atoms with Crippen LogP contribution in [0.15, 0.2) is 37.7 Å². The average Bonchev–Trinajstić information content (AvgIpc) is 3.37. The van der Waals surface area contributed by atoms with Gasteiger partial charge in [-0.15, -0.1) is 11.3 Å². The van der Waals surface area contributed by atoms with Crippen LogP contribution in [0.25, 0.3) is 22.4 Å². The van der Waals surface area contributed by atoms with E-state index < -0.39 is 41.1 Å². The van der Waals surface area contributed by atoms with E-state index >= 15 is 0 Å². The first-order chi connectivity index (χ1) is 15.5. The van der Waals surface area contributed by atoms with Crippen molar-refractivity contribution in [3.05, 3.63) is 61.5 Å². The number of aromatic nitrogens is 4. The SMILES string of the molecule is Cn1c(=O)c2c(CC(=O)Nc3nc(-c4cc(F)cc(C(F)(F)F)c4)cs3)noc2n(C)c1=O. The van der Waals surface area contributed by atoms with Crippen molar-refractivity contribution < 1.29 is 26.9 Å². The molecule has 3 aromatic heterocycles. The zero-order valence-electron chi connectivity index (χ0n) is 16.9. The van der Waals surface area contributed by atoms with Crippen LogP contribution in [-0.4, -0.2) is 25.2 Å². The molecular weight excluding hydrogens is 470 g/mol. The number of hydrogen-bond acceptors (Lipinski definition) is 7. The second-order valence-electron chi connectivity index (χ2n) is 7.00. The number of hydrogen-bond donors (Lipinski definition) is 1. The summed E-state index contributed by atoms with van der Waals surface area (Å²) in [6.07, 6.45) is -5.13. The molecule has 14 heteroatoms. The van der Waals surface area contributed by atoms with Gasteiger partial charge in [0.2, 0.25) is 11.6 Å². The van der Waals surface area contributed by atoms with Crippen molar-refractivity contribution in [2.24, 2.45) is 14.1 Å². The fraction of sp³-hybridized carbons (Fsp3) is 0.211. The maximum absolute atomic E-state index is 13.7. The summed E-state index contributed by atoms with van der Waals surface area (Å²) in [5, 5.41) is 7.52. The number of amides is 1. The molecule has 0 aliphatic carbocycles. The lowest BCUT2D eigenvalue weighted by molar-refractivity contribution is -0.137. The van der Waals surface area contributed by atoms with Crippen LogP contribution >= 0.6 is 11.3 Å². The summed E-state index contributed by atoms with van der Waals surface area (Å²) >= 11 is 0.916. The van der Waals surface area contributed by atoms with Gasteiger partial charge in [-0.05, 0) is 18.2 Å². The molecule has 0 unspecified atom stereocenters. The number of rotatable bonds is 4. The molecule has 0 bridgehead atoms. The second-order valence-corrected chi connectivity index (χ2v) is 7.86. The molecule has 0 spiro atoms. The Hall–Kier alpha value is -3.81. The Morgan fingerprint density at radius 3 is 2.61 bits per heavy atom. The lowest BCUT2D eigenvalue weighted by Gasteiger charge is -2.08. The molecule has 0 aliphatic heterocycles. The van der Waals surface area contributed by atoms with Crippen LogP contribution in [0.1, 0.15) is 11.3 Å². The molecule has 0 atom stereocenters. The van der Waals surface area contributed by atoms with E-state index in [2.05, 4.69) is 15.5 Å². The molecule has 1 N–H and O–H groups in total. The fourth-order valence-electron chi connectivity index (χ4n) is 3.12. The van der Waals surface area contributed by atoms with E-state index in [1.807, 2.05) is 0 Å². The fourth-order valence-corrected chi connectivity index (χ4v) is 3.86. The molecule has 4 rings (SSSR count). The van der Waals surface area contributed by atoms with Gasteiger partial charge in [-0.25, -0.2) is 14.2 Å². The van der Waals surface area contributed by atoms with Gasteiger partial charge in [-0.3, -0.25) is 18.7 Å². The lowest BCUT2D eigenvalue weighted by atomic mass is 10.1. The molecule has 0 fully saturated rings. The molecule has 1 aromatic carbocycles. The van der Waals surface area contributed by atoms with Gasteiger partial charge in [0.25, 0.3) is 5.56 Å². The third kappa shape index (κ3) is 4.16. The quantitative estimate of drug-likeness (QED) is 0.447. The lowest BCUT2D eigenvalue weighted by Crippen LogP contribution is -2.36. The maximum Gasteiger partial charge on any atom is 0.416 e. The molecule has 9 nitrogen and oxygen atoms in total. The Morgan fingerprint density at radius 2 is 1.91 bits per heavy atom. The number of aryl methyl sites for hydroxylation is 1. The number of alkyl halides is 3. The van der Waals surface area contributed by atoms with E-state index in [4.69, 9.17) is 4.52 Å². The molecule has 0 aliphatic rings. The van der Waals surface area contributed by atoms with Crippen LogP contribution in [0.2, 0.25) is 0 Å². The van der Waals surface area contributed by atoms with Crippen LogP contribution in [0.5, 0.6) is 0 Å². The number of benzene rings is 1. The standard InChI is InChI=1S/C19H13F4N5O4S/c1-27-15(30)14-11(26-32-16(14)28(2)18(27)31)6-13(29)25-17-24-12(7-33-17)8-3-9(19(21,22)23)5-10(20)4-8/h3-5,7H,6H2,1-2H3,(H,24,25,29). The predicted octanol–water partition coefficient (Wildman–Crippen LogP) is 2.69. The van der Waals surface area contributed by atoms with Crippen LogP contribution in [0.4, 0.5) is 22.7 Å². The van der Waals surface area contributed by atoms with Gasteiger partial charge in [0.05, 0.1) is 17.7 Å². The van der Waals surface area contributed by atoms with Gasteiger partial charge >= 0.3 is 11.9 Å². The van der Waals surface area contributed by atoms with E-state index in [0.29, 0.717) is 6.07 Å². The van der Waals surface area contributed by atoms with Crippen LogP contribution in [-0.2, 0) is 31.5 Å². The van der Waals surface area contributed by atoms with Crippen molar-refractivity contribution in [3.63, 3.8) is 0 Å². The first kappa shape index (κ1) is 22.4. The number of halogens is 4. The molecule has 1 amide bonds.